The van der Waals surface area contributed by atoms with E-state index in [1.54, 1.807) is 4.90 Å². The summed E-state index contributed by atoms with van der Waals surface area (Å²) in [6, 6.07) is 2.26. The predicted molar refractivity (Wildman–Crippen MR) is 43.5 cm³/mol. The molecule has 2 rings (SSSR count). The second-order valence-electron chi connectivity index (χ2n) is 3.38. The van der Waals surface area contributed by atoms with Crippen LogP contribution in [0.15, 0.2) is 0 Å². The third-order valence-corrected chi connectivity index (χ3v) is 2.88. The number of piperidine rings is 1. The molecule has 1 saturated carbocycles. The van der Waals surface area contributed by atoms with Crippen LogP contribution in [0.3, 0.4) is 0 Å². The van der Waals surface area contributed by atoms with Crippen LogP contribution >= 0.6 is 11.6 Å². The van der Waals surface area contributed by atoms with Crippen molar-refractivity contribution in [2.45, 2.75) is 24.9 Å². The average molecular weight is 185 g/mol. The van der Waals surface area contributed by atoms with Crippen LogP contribution in [0, 0.1) is 17.2 Å². The highest BCUT2D eigenvalue weighted by Gasteiger charge is 2.53. The standard InChI is InChI=1S/C8H9ClN2O/c9-3-8(12)11-6(4-10)1-5-2-7(5)11/h5-7H,1-3H2/t5?,6-,7?/m0/s1. The molecule has 1 amide bonds. The molecule has 0 radical (unpaired) electrons. The molecule has 2 fully saturated rings. The minimum atomic E-state index is -0.208. The summed E-state index contributed by atoms with van der Waals surface area (Å²) < 4.78 is 0. The summed E-state index contributed by atoms with van der Waals surface area (Å²) in [6.45, 7) is 0. The van der Waals surface area contributed by atoms with Gasteiger partial charge in [-0.25, -0.2) is 0 Å². The number of carbonyl (C=O) groups is 1. The van der Waals surface area contributed by atoms with Gasteiger partial charge in [-0.3, -0.25) is 4.79 Å². The molecular weight excluding hydrogens is 176 g/mol. The zero-order valence-electron chi connectivity index (χ0n) is 6.53. The molecule has 0 bridgehead atoms. The lowest BCUT2D eigenvalue weighted by Crippen LogP contribution is -2.38. The highest BCUT2D eigenvalue weighted by Crippen LogP contribution is 2.47. The van der Waals surface area contributed by atoms with Gasteiger partial charge in [0, 0.05) is 6.04 Å². The Kier molecular flexibility index (Phi) is 1.73. The quantitative estimate of drug-likeness (QED) is 0.565. The van der Waals surface area contributed by atoms with Crippen LogP contribution in [0.25, 0.3) is 0 Å². The number of likely N-dealkylation sites (tertiary alicyclic amines) is 1. The molecule has 4 heteroatoms. The molecule has 0 aromatic carbocycles. The van der Waals surface area contributed by atoms with Gasteiger partial charge >= 0.3 is 0 Å². The molecule has 1 heterocycles. The first-order valence-electron chi connectivity index (χ1n) is 4.04. The fourth-order valence-electron chi connectivity index (χ4n) is 2.00. The summed E-state index contributed by atoms with van der Waals surface area (Å²) in [7, 11) is 0. The maximum Gasteiger partial charge on any atom is 0.238 e. The van der Waals surface area contributed by atoms with Crippen LogP contribution in [0.4, 0.5) is 0 Å². The number of fused-ring (bicyclic) bond motifs is 1. The van der Waals surface area contributed by atoms with Crippen LogP contribution in [-0.4, -0.2) is 28.8 Å². The van der Waals surface area contributed by atoms with E-state index in [0.717, 1.165) is 12.8 Å². The van der Waals surface area contributed by atoms with E-state index in [9.17, 15) is 4.79 Å². The molecule has 0 aromatic heterocycles. The average Bonchev–Trinajstić information content (AvgIpc) is 2.76. The van der Waals surface area contributed by atoms with Crippen molar-refractivity contribution in [3.63, 3.8) is 0 Å². The Morgan fingerprint density at radius 1 is 1.67 bits per heavy atom. The summed E-state index contributed by atoms with van der Waals surface area (Å²) in [6.07, 6.45) is 1.92. The van der Waals surface area contributed by atoms with Crippen LogP contribution in [-0.2, 0) is 4.79 Å². The molecule has 0 aromatic rings. The Hall–Kier alpha value is -0.750. The number of carbonyl (C=O) groups excluding carboxylic acids is 1. The normalized spacial score (nSPS) is 37.3. The Morgan fingerprint density at radius 2 is 2.42 bits per heavy atom. The molecule has 0 N–H and O–H groups in total. The first-order valence-corrected chi connectivity index (χ1v) is 4.58. The lowest BCUT2D eigenvalue weighted by atomic mass is 10.2. The van der Waals surface area contributed by atoms with Crippen molar-refractivity contribution in [3.05, 3.63) is 0 Å². The van der Waals surface area contributed by atoms with Crippen LogP contribution in [0.1, 0.15) is 12.8 Å². The highest BCUT2D eigenvalue weighted by atomic mass is 35.5. The molecule has 12 heavy (non-hydrogen) atoms. The molecule has 3 nitrogen and oxygen atoms in total. The lowest BCUT2D eigenvalue weighted by molar-refractivity contribution is -0.129. The Balaban J connectivity index is 2.12. The van der Waals surface area contributed by atoms with Crippen LogP contribution in [0.5, 0.6) is 0 Å². The summed E-state index contributed by atoms with van der Waals surface area (Å²) in [5.41, 5.74) is 0. The smallest absolute Gasteiger partial charge is 0.238 e. The monoisotopic (exact) mass is 184 g/mol. The maximum atomic E-state index is 11.3. The SMILES string of the molecule is N#C[C@@H]1CC2CC2N1C(=O)CCl. The van der Waals surface area contributed by atoms with Crippen molar-refractivity contribution in [2.75, 3.05) is 5.88 Å². The molecular formula is C8H9ClN2O. The zero-order valence-corrected chi connectivity index (χ0v) is 7.29. The molecule has 0 spiro atoms. The summed E-state index contributed by atoms with van der Waals surface area (Å²) >= 11 is 5.44. The van der Waals surface area contributed by atoms with Crippen LogP contribution < -0.4 is 0 Å². The van der Waals surface area contributed by atoms with Crippen LogP contribution in [0.2, 0.25) is 0 Å². The third kappa shape index (κ3) is 0.987. The lowest BCUT2D eigenvalue weighted by Gasteiger charge is -2.21. The van der Waals surface area contributed by atoms with Gasteiger partial charge in [-0.2, -0.15) is 5.26 Å². The van der Waals surface area contributed by atoms with Gasteiger partial charge in [0.15, 0.2) is 0 Å². The van der Waals surface area contributed by atoms with Crippen molar-refractivity contribution in [1.29, 1.82) is 5.26 Å². The Bertz CT molecular complexity index is 260. The van der Waals surface area contributed by atoms with Crippen molar-refractivity contribution in [1.82, 2.24) is 4.90 Å². The van der Waals surface area contributed by atoms with Crippen molar-refractivity contribution >= 4 is 17.5 Å². The van der Waals surface area contributed by atoms with E-state index < -0.39 is 0 Å². The van der Waals surface area contributed by atoms with E-state index in [-0.39, 0.29) is 17.8 Å². The van der Waals surface area contributed by atoms with E-state index >= 15 is 0 Å². The maximum absolute atomic E-state index is 11.3. The fraction of sp³-hybridized carbons (Fsp3) is 0.750. The molecule has 1 saturated heterocycles. The van der Waals surface area contributed by atoms with Gasteiger partial charge in [-0.05, 0) is 18.8 Å². The number of amides is 1. The van der Waals surface area contributed by atoms with E-state index in [4.69, 9.17) is 16.9 Å². The largest absolute Gasteiger partial charge is 0.322 e. The van der Waals surface area contributed by atoms with E-state index in [1.165, 1.54) is 0 Å². The van der Waals surface area contributed by atoms with Gasteiger partial charge in [0.25, 0.3) is 0 Å². The van der Waals surface area contributed by atoms with Crippen molar-refractivity contribution in [3.8, 4) is 6.07 Å². The molecule has 2 aliphatic rings. The van der Waals surface area contributed by atoms with Gasteiger partial charge in [-0.1, -0.05) is 0 Å². The highest BCUT2D eigenvalue weighted by molar-refractivity contribution is 6.27. The number of rotatable bonds is 1. The van der Waals surface area contributed by atoms with Gasteiger partial charge in [0.1, 0.15) is 11.9 Å². The Morgan fingerprint density at radius 3 is 3.00 bits per heavy atom. The summed E-state index contributed by atoms with van der Waals surface area (Å²) in [5.74, 6) is 0.497. The minimum Gasteiger partial charge on any atom is -0.322 e. The number of halogens is 1. The van der Waals surface area contributed by atoms with Gasteiger partial charge < -0.3 is 4.90 Å². The molecule has 1 aliphatic heterocycles. The number of hydrogen-bond acceptors (Lipinski definition) is 2. The second kappa shape index (κ2) is 2.63. The number of alkyl halides is 1. The van der Waals surface area contributed by atoms with Gasteiger partial charge in [0.05, 0.1) is 6.07 Å². The molecule has 2 unspecified atom stereocenters. The molecule has 64 valence electrons. The molecule has 1 aliphatic carbocycles. The number of nitriles is 1. The predicted octanol–water partition coefficient (Wildman–Crippen LogP) is 0.738. The molecule has 3 atom stereocenters. The number of nitrogens with zero attached hydrogens (tertiary/aromatic N) is 2. The van der Waals surface area contributed by atoms with Crippen molar-refractivity contribution < 1.29 is 4.79 Å². The topological polar surface area (TPSA) is 44.1 Å². The van der Waals surface area contributed by atoms with E-state index in [1.807, 2.05) is 0 Å². The minimum absolute atomic E-state index is 0.00139. The van der Waals surface area contributed by atoms with Gasteiger partial charge in [0.2, 0.25) is 5.91 Å². The summed E-state index contributed by atoms with van der Waals surface area (Å²) in [4.78, 5) is 12.9. The number of hydrogen-bond donors (Lipinski definition) is 0. The van der Waals surface area contributed by atoms with E-state index in [2.05, 4.69) is 6.07 Å². The second-order valence-corrected chi connectivity index (χ2v) is 3.65. The first kappa shape index (κ1) is 7.88. The van der Waals surface area contributed by atoms with E-state index in [0.29, 0.717) is 12.0 Å². The first-order chi connectivity index (χ1) is 5.77. The van der Waals surface area contributed by atoms with Crippen molar-refractivity contribution in [2.24, 2.45) is 5.92 Å². The third-order valence-electron chi connectivity index (χ3n) is 2.66. The van der Waals surface area contributed by atoms with Gasteiger partial charge in [-0.15, -0.1) is 11.6 Å². The zero-order chi connectivity index (χ0) is 8.72. The fourth-order valence-corrected chi connectivity index (χ4v) is 2.14. The Labute approximate surface area is 75.9 Å². The summed E-state index contributed by atoms with van der Waals surface area (Å²) in [5, 5.41) is 8.73.